The number of piperidine rings is 1. The molecule has 206 valence electrons. The first-order valence-electron chi connectivity index (χ1n) is 12.7. The maximum absolute atomic E-state index is 13.4. The molecular weight excluding hydrogens is 527 g/mol. The molecule has 2 aliphatic heterocycles. The van der Waals surface area contributed by atoms with Gasteiger partial charge in [0.25, 0.3) is 0 Å². The second-order valence-electron chi connectivity index (χ2n) is 9.44. The monoisotopic (exact) mass is 556 g/mol. The number of halogens is 2. The topological polar surface area (TPSA) is 115 Å². The van der Waals surface area contributed by atoms with Crippen molar-refractivity contribution in [2.24, 2.45) is 0 Å². The number of carboxylic acids is 2. The first-order valence-corrected chi connectivity index (χ1v) is 13.0. The van der Waals surface area contributed by atoms with Gasteiger partial charge in [0.2, 0.25) is 0 Å². The highest BCUT2D eigenvalue weighted by atomic mass is 35.5. The Hall–Kier alpha value is -3.89. The van der Waals surface area contributed by atoms with E-state index in [-0.39, 0.29) is 11.8 Å². The lowest BCUT2D eigenvalue weighted by atomic mass is 9.89. The van der Waals surface area contributed by atoms with Gasteiger partial charge in [-0.05, 0) is 79.9 Å². The summed E-state index contributed by atoms with van der Waals surface area (Å²) in [5, 5.41) is 20.4. The molecular formula is C28H30ClFN4O5. The van der Waals surface area contributed by atoms with Crippen LogP contribution in [0.4, 0.5) is 9.18 Å². The first kappa shape index (κ1) is 28.1. The number of amides is 2. The van der Waals surface area contributed by atoms with Crippen LogP contribution >= 0.6 is 11.6 Å². The third-order valence-corrected chi connectivity index (χ3v) is 7.16. The van der Waals surface area contributed by atoms with Crippen molar-refractivity contribution in [3.05, 3.63) is 77.2 Å². The second-order valence-corrected chi connectivity index (χ2v) is 9.87. The average molecular weight is 557 g/mol. The van der Waals surface area contributed by atoms with E-state index in [4.69, 9.17) is 21.8 Å². The minimum atomic E-state index is -1.26. The quantitative estimate of drug-likeness (QED) is 0.373. The number of fused-ring (bicyclic) bond motifs is 1. The third-order valence-electron chi connectivity index (χ3n) is 6.93. The van der Waals surface area contributed by atoms with Crippen LogP contribution in [0.5, 0.6) is 0 Å². The van der Waals surface area contributed by atoms with E-state index in [0.29, 0.717) is 18.1 Å². The van der Waals surface area contributed by atoms with Gasteiger partial charge in [-0.2, -0.15) is 0 Å². The molecule has 0 aliphatic carbocycles. The van der Waals surface area contributed by atoms with Crippen molar-refractivity contribution in [2.75, 3.05) is 39.3 Å². The lowest BCUT2D eigenvalue weighted by Crippen LogP contribution is -2.40. The van der Waals surface area contributed by atoms with Crippen LogP contribution in [0.1, 0.15) is 24.3 Å². The van der Waals surface area contributed by atoms with E-state index >= 15 is 0 Å². The molecule has 3 N–H and O–H groups in total. The molecule has 3 aromatic rings. The van der Waals surface area contributed by atoms with Crippen molar-refractivity contribution >= 4 is 40.5 Å². The Balaban J connectivity index is 0.000000386. The summed E-state index contributed by atoms with van der Waals surface area (Å²) < 4.78 is 15.6. The van der Waals surface area contributed by atoms with Gasteiger partial charge in [0.15, 0.2) is 0 Å². The summed E-state index contributed by atoms with van der Waals surface area (Å²) in [6.45, 7) is 5.30. The summed E-state index contributed by atoms with van der Waals surface area (Å²) in [4.78, 5) is 35.2. The number of benzene rings is 2. The normalized spacial score (nSPS) is 16.4. The maximum atomic E-state index is 13.4. The molecule has 0 unspecified atom stereocenters. The molecule has 11 heteroatoms. The van der Waals surface area contributed by atoms with Crippen molar-refractivity contribution in [1.82, 2.24) is 19.7 Å². The molecule has 5 rings (SSSR count). The van der Waals surface area contributed by atoms with Crippen LogP contribution in [0.25, 0.3) is 16.6 Å². The first-order chi connectivity index (χ1) is 18.7. The maximum Gasteiger partial charge on any atom is 0.328 e. The average Bonchev–Trinajstić information content (AvgIpc) is 3.50. The summed E-state index contributed by atoms with van der Waals surface area (Å²) in [5.74, 6) is -2.30. The molecule has 3 heterocycles. The van der Waals surface area contributed by atoms with Gasteiger partial charge in [-0.1, -0.05) is 11.6 Å². The summed E-state index contributed by atoms with van der Waals surface area (Å²) in [6.07, 6.45) is 5.45. The number of urea groups is 1. The zero-order chi connectivity index (χ0) is 27.9. The molecule has 2 aliphatic rings. The molecule has 0 radical (unpaired) electrons. The molecule has 2 saturated heterocycles. The predicted molar refractivity (Wildman–Crippen MR) is 146 cm³/mol. The fourth-order valence-electron chi connectivity index (χ4n) is 4.97. The largest absolute Gasteiger partial charge is 0.478 e. The van der Waals surface area contributed by atoms with E-state index in [1.54, 1.807) is 0 Å². The van der Waals surface area contributed by atoms with E-state index < -0.39 is 11.9 Å². The van der Waals surface area contributed by atoms with Crippen molar-refractivity contribution in [3.63, 3.8) is 0 Å². The van der Waals surface area contributed by atoms with E-state index in [2.05, 4.69) is 21.0 Å². The number of aliphatic carboxylic acids is 2. The number of carbonyl (C=O) groups is 3. The Bertz CT molecular complexity index is 1350. The highest BCUT2D eigenvalue weighted by Gasteiger charge is 2.26. The van der Waals surface area contributed by atoms with E-state index in [9.17, 15) is 18.8 Å². The lowest BCUT2D eigenvalue weighted by Gasteiger charge is -2.32. The van der Waals surface area contributed by atoms with Crippen LogP contribution in [-0.2, 0) is 9.59 Å². The number of nitrogens with one attached hydrogen (secondary N) is 1. The zero-order valence-corrected chi connectivity index (χ0v) is 22.0. The Morgan fingerprint density at radius 3 is 2.26 bits per heavy atom. The van der Waals surface area contributed by atoms with Crippen molar-refractivity contribution in [1.29, 1.82) is 0 Å². The SMILES string of the molecule is O=C(O)/C=C\C(=O)O.O=C1NCCN1CCN1CCC(c2cn(-c3ccc(F)cc3)c3ccc(Cl)cc23)CC1. The van der Waals surface area contributed by atoms with Gasteiger partial charge in [-0.25, -0.2) is 18.8 Å². The molecule has 2 amide bonds. The fraction of sp³-hybridized carbons (Fsp3) is 0.321. The smallest absolute Gasteiger partial charge is 0.328 e. The molecule has 2 aromatic carbocycles. The van der Waals surface area contributed by atoms with Gasteiger partial charge in [-0.3, -0.25) is 0 Å². The molecule has 2 fully saturated rings. The minimum absolute atomic E-state index is 0.0559. The number of nitrogens with zero attached hydrogens (tertiary/aromatic N) is 3. The Kier molecular flexibility index (Phi) is 9.21. The molecule has 9 nitrogen and oxygen atoms in total. The van der Waals surface area contributed by atoms with Gasteiger partial charge in [-0.15, -0.1) is 0 Å². The number of aromatic nitrogens is 1. The second kappa shape index (κ2) is 12.8. The molecule has 0 bridgehead atoms. The van der Waals surface area contributed by atoms with Crippen LogP contribution in [0, 0.1) is 5.82 Å². The third kappa shape index (κ3) is 7.36. The van der Waals surface area contributed by atoms with Gasteiger partial charge in [0.05, 0.1) is 5.52 Å². The zero-order valence-electron chi connectivity index (χ0n) is 21.2. The van der Waals surface area contributed by atoms with Gasteiger partial charge in [0, 0.05) is 60.6 Å². The Labute approximate surface area is 230 Å². The summed E-state index contributed by atoms with van der Waals surface area (Å²) >= 11 is 6.34. The summed E-state index contributed by atoms with van der Waals surface area (Å²) in [6, 6.07) is 12.7. The van der Waals surface area contributed by atoms with E-state index in [1.165, 1.54) is 23.1 Å². The minimum Gasteiger partial charge on any atom is -0.478 e. The summed E-state index contributed by atoms with van der Waals surface area (Å²) in [7, 11) is 0. The predicted octanol–water partition coefficient (Wildman–Crippen LogP) is 4.34. The van der Waals surface area contributed by atoms with Crippen LogP contribution in [0.3, 0.4) is 0 Å². The number of carbonyl (C=O) groups excluding carboxylic acids is 1. The van der Waals surface area contributed by atoms with Gasteiger partial charge in [0.1, 0.15) is 5.82 Å². The van der Waals surface area contributed by atoms with Crippen LogP contribution < -0.4 is 5.32 Å². The number of hydrogen-bond donors (Lipinski definition) is 3. The molecule has 0 saturated carbocycles. The number of likely N-dealkylation sites (tertiary alicyclic amines) is 1. The van der Waals surface area contributed by atoms with Crippen LogP contribution in [0.15, 0.2) is 60.8 Å². The van der Waals surface area contributed by atoms with Crippen LogP contribution in [0.2, 0.25) is 5.02 Å². The number of hydrogen-bond acceptors (Lipinski definition) is 4. The molecule has 39 heavy (non-hydrogen) atoms. The van der Waals surface area contributed by atoms with Crippen LogP contribution in [-0.4, -0.2) is 81.8 Å². The molecule has 0 spiro atoms. The van der Waals surface area contributed by atoms with Crippen molar-refractivity contribution < 1.29 is 29.0 Å². The van der Waals surface area contributed by atoms with Crippen molar-refractivity contribution in [2.45, 2.75) is 18.8 Å². The summed E-state index contributed by atoms with van der Waals surface area (Å²) in [5.41, 5.74) is 3.34. The molecule has 1 aromatic heterocycles. The van der Waals surface area contributed by atoms with Gasteiger partial charge >= 0.3 is 18.0 Å². The fourth-order valence-corrected chi connectivity index (χ4v) is 5.14. The number of rotatable bonds is 7. The lowest BCUT2D eigenvalue weighted by molar-refractivity contribution is -0.134. The Morgan fingerprint density at radius 2 is 1.67 bits per heavy atom. The number of carboxylic acid groups (broad SMARTS) is 2. The van der Waals surface area contributed by atoms with Gasteiger partial charge < -0.3 is 29.9 Å². The highest BCUT2D eigenvalue weighted by molar-refractivity contribution is 6.31. The van der Waals surface area contributed by atoms with E-state index in [1.807, 2.05) is 35.2 Å². The Morgan fingerprint density at radius 1 is 1.00 bits per heavy atom. The highest BCUT2D eigenvalue weighted by Crippen LogP contribution is 2.37. The van der Waals surface area contributed by atoms with E-state index in [0.717, 1.165) is 68.3 Å². The molecule has 0 atom stereocenters. The standard InChI is InChI=1S/C24H26ClFN4O.C4H4O4/c25-18-1-6-23-21(15-18)22(16-30(23)20-4-2-19(26)3-5-20)17-7-10-28(11-8-17)13-14-29-12-9-27-24(29)31;5-3(6)1-2-4(7)8/h1-6,15-17H,7-14H2,(H,27,31);1-2H,(H,5,6)(H,7,8)/b;2-1-. The van der Waals surface area contributed by atoms with Crippen molar-refractivity contribution in [3.8, 4) is 5.69 Å².